The number of rotatable bonds is 18. The zero-order chi connectivity index (χ0) is 53.3. The van der Waals surface area contributed by atoms with E-state index in [4.69, 9.17) is 28.9 Å². The number of hydrogen-bond acceptors (Lipinski definition) is 18. The van der Waals surface area contributed by atoms with E-state index in [-0.39, 0.29) is 72.9 Å². The van der Waals surface area contributed by atoms with Crippen molar-refractivity contribution in [1.82, 2.24) is 40.4 Å². The molecule has 20 heteroatoms. The molecule has 1 saturated carbocycles. The molecule has 0 spiro atoms. The van der Waals surface area contributed by atoms with Crippen LogP contribution in [0.2, 0.25) is 0 Å². The summed E-state index contributed by atoms with van der Waals surface area (Å²) < 4.78 is 30.3. The van der Waals surface area contributed by atoms with Gasteiger partial charge in [0.2, 0.25) is 17.7 Å². The zero-order valence-corrected chi connectivity index (χ0v) is 44.1. The largest absolute Gasteiger partial charge is 0.507 e. The number of aliphatic hydroxyl groups excluding tert-OH is 1. The Hall–Kier alpha value is -7.29. The van der Waals surface area contributed by atoms with Crippen LogP contribution in [0.1, 0.15) is 94.7 Å². The maximum atomic E-state index is 14.2. The monoisotopic (exact) mass is 1050 g/mol. The van der Waals surface area contributed by atoms with Crippen molar-refractivity contribution in [1.29, 1.82) is 0 Å². The predicted octanol–water partition coefficient (Wildman–Crippen LogP) is 6.68. The second-order valence-corrected chi connectivity index (χ2v) is 21.7. The number of phenolic OH excluding ortho intramolecular Hbond substituents is 1. The number of carbonyl (C=O) groups is 2. The molecular formula is C57H69N11O9. The van der Waals surface area contributed by atoms with Gasteiger partial charge in [-0.05, 0) is 80.4 Å². The summed E-state index contributed by atoms with van der Waals surface area (Å²) in [6.07, 6.45) is 8.59. The van der Waals surface area contributed by atoms with E-state index in [9.17, 15) is 19.8 Å². The number of aliphatic hydroxyl groups is 1. The maximum absolute atomic E-state index is 14.2. The highest BCUT2D eigenvalue weighted by atomic mass is 16.5. The van der Waals surface area contributed by atoms with Crippen LogP contribution in [-0.4, -0.2) is 146 Å². The fourth-order valence-electron chi connectivity index (χ4n) is 11.9. The Bertz CT molecular complexity index is 3000. The quantitative estimate of drug-likeness (QED) is 0.0701. The number of fused-ring (bicyclic) bond motifs is 2. The number of para-hydroxylation sites is 1. The number of nitrogen functional groups attached to an aromatic ring is 1. The summed E-state index contributed by atoms with van der Waals surface area (Å²) >= 11 is 0. The molecule has 11 rings (SSSR count). The minimum atomic E-state index is -0.846. The molecule has 406 valence electrons. The molecule has 5 aliphatic rings. The molecule has 6 aromatic rings. The molecule has 5 N–H and O–H groups in total. The number of nitrogens with one attached hydrogen (secondary N) is 1. The van der Waals surface area contributed by atoms with Gasteiger partial charge < -0.3 is 59.1 Å². The van der Waals surface area contributed by atoms with Crippen LogP contribution in [-0.2, 0) is 14.3 Å². The number of oxazole rings is 1. The molecule has 4 saturated heterocycles. The number of phenols is 1. The summed E-state index contributed by atoms with van der Waals surface area (Å²) in [7, 11) is 0. The van der Waals surface area contributed by atoms with Gasteiger partial charge in [0.05, 0.1) is 41.4 Å². The Kier molecular flexibility index (Phi) is 15.0. The highest BCUT2D eigenvalue weighted by Crippen LogP contribution is 2.41. The van der Waals surface area contributed by atoms with Crippen LogP contribution in [0.25, 0.3) is 22.6 Å². The highest BCUT2D eigenvalue weighted by Gasteiger charge is 2.45. The van der Waals surface area contributed by atoms with Crippen LogP contribution in [0.15, 0.2) is 94.3 Å². The number of likely N-dealkylation sites (tertiary alicyclic amines) is 2. The Morgan fingerprint density at radius 3 is 2.36 bits per heavy atom. The van der Waals surface area contributed by atoms with Gasteiger partial charge in [0, 0.05) is 106 Å². The van der Waals surface area contributed by atoms with Crippen molar-refractivity contribution >= 4 is 29.0 Å². The van der Waals surface area contributed by atoms with Crippen LogP contribution in [0, 0.1) is 12.8 Å². The van der Waals surface area contributed by atoms with Crippen molar-refractivity contribution in [2.45, 2.75) is 127 Å². The summed E-state index contributed by atoms with van der Waals surface area (Å²) in [5.41, 5.74) is 12.1. The molecule has 4 aromatic heterocycles. The highest BCUT2D eigenvalue weighted by molar-refractivity contribution is 5.91. The van der Waals surface area contributed by atoms with Gasteiger partial charge in [-0.15, -0.1) is 10.2 Å². The summed E-state index contributed by atoms with van der Waals surface area (Å²) in [4.78, 5) is 45.4. The van der Waals surface area contributed by atoms with E-state index in [1.165, 1.54) is 11.3 Å². The van der Waals surface area contributed by atoms with Gasteiger partial charge in [0.1, 0.15) is 30.4 Å². The first-order valence-corrected chi connectivity index (χ1v) is 27.2. The number of β-amino-alcohol motifs (C(OH)–C–C–N with tert-alkyl or cyclic N) is 1. The molecule has 1 unspecified atom stereocenters. The summed E-state index contributed by atoms with van der Waals surface area (Å²) in [6.45, 7) is 12.1. The van der Waals surface area contributed by atoms with Crippen molar-refractivity contribution in [3.63, 3.8) is 0 Å². The number of piperazine rings is 1. The van der Waals surface area contributed by atoms with Crippen molar-refractivity contribution < 1.29 is 43.0 Å². The smallest absolute Gasteiger partial charge is 0.254 e. The van der Waals surface area contributed by atoms with Gasteiger partial charge in [-0.3, -0.25) is 14.5 Å². The van der Waals surface area contributed by atoms with E-state index in [0.29, 0.717) is 53.5 Å². The van der Waals surface area contributed by atoms with Gasteiger partial charge in [0.25, 0.3) is 5.88 Å². The molecule has 2 bridgehead atoms. The lowest BCUT2D eigenvalue weighted by Gasteiger charge is -2.43. The zero-order valence-electron chi connectivity index (χ0n) is 44.1. The number of nitrogens with two attached hydrogens (primary N) is 1. The Morgan fingerprint density at radius 1 is 0.870 bits per heavy atom. The van der Waals surface area contributed by atoms with E-state index >= 15 is 0 Å². The summed E-state index contributed by atoms with van der Waals surface area (Å²) in [6, 6.07) is 22.0. The average Bonchev–Trinajstić information content (AvgIpc) is 4.22. The number of piperidine rings is 1. The number of hydrogen-bond donors (Lipinski definition) is 4. The number of benzene rings is 2. The molecule has 4 aliphatic heterocycles. The van der Waals surface area contributed by atoms with E-state index in [1.54, 1.807) is 18.2 Å². The average molecular weight is 1050 g/mol. The normalized spacial score (nSPS) is 23.5. The number of anilines is 3. The number of nitrogens with zero attached hydrogens (tertiary/aromatic N) is 9. The molecule has 1 aliphatic carbocycles. The molecule has 8 heterocycles. The standard InChI is InChI=1S/C57H69N11O9/c1-33(2)53(57(72)67-31-41(69)24-48(67)56(71)61-34(3)36-9-11-37(12-10-36)54-35(4)60-32-74-54)50-28-52(64-77-50)73-22-21-65-19-16-42(17-20-65)75-43-25-44(26-43)76-51-23-38(15-18-59-51)68-39-13-14-40(68)30-66(29-39)47-27-46(62-63-55(47)58)45-7-5-6-8-49(45)70/h5-12,15,18,23,27-28,32-34,39-44,48,53,69-70H,13-14,16-17,19-22,24-26,29-31H2,1-4H3,(H2,58,63)(H,61,71)/t34-,39+,40?,41+,43?,44?,48-,53+/m0/s1. The fourth-order valence-corrected chi connectivity index (χ4v) is 11.9. The lowest BCUT2D eigenvalue weighted by atomic mass is 9.91. The summed E-state index contributed by atoms with van der Waals surface area (Å²) in [5, 5.41) is 36.9. The minimum absolute atomic E-state index is 0.0413. The number of carbonyl (C=O) groups excluding carboxylic acids is 2. The SMILES string of the molecule is Cc1ncoc1-c1ccc([C@H](C)NC(=O)[C@@H]2C[C@@H](O)CN2C(=O)[C@@H](c2cc(OCCN3CCC(OC4CC(Oc5cc(N6C7CC[C@@H]6CN(c6cc(-c8ccccc8O)nnc6N)C7)ccn5)C4)CC3)no2)C(C)C)cc1. The number of aryl methyl sites for hydroxylation is 1. The first kappa shape index (κ1) is 51.8. The minimum Gasteiger partial charge on any atom is -0.507 e. The Labute approximate surface area is 447 Å². The van der Waals surface area contributed by atoms with E-state index in [2.05, 4.69) is 57.5 Å². The molecule has 6 atom stereocenters. The number of pyridine rings is 1. The summed E-state index contributed by atoms with van der Waals surface area (Å²) in [5.74, 6) is 0.963. The van der Waals surface area contributed by atoms with Crippen LogP contribution in [0.5, 0.6) is 17.5 Å². The molecule has 5 fully saturated rings. The van der Waals surface area contributed by atoms with Gasteiger partial charge in [-0.2, -0.15) is 0 Å². The second kappa shape index (κ2) is 22.4. The van der Waals surface area contributed by atoms with Crippen molar-refractivity contribution in [2.75, 3.05) is 61.4 Å². The third kappa shape index (κ3) is 11.3. The fraction of sp³-hybridized carbons (Fsp3) is 0.491. The number of aromatic nitrogens is 5. The van der Waals surface area contributed by atoms with E-state index in [1.807, 2.05) is 76.4 Å². The lowest BCUT2D eigenvalue weighted by molar-refractivity contribution is -0.141. The number of ether oxygens (including phenoxy) is 3. The van der Waals surface area contributed by atoms with Crippen molar-refractivity contribution in [3.05, 3.63) is 102 Å². The third-order valence-electron chi connectivity index (χ3n) is 16.1. The van der Waals surface area contributed by atoms with Crippen LogP contribution >= 0.6 is 0 Å². The molecule has 0 radical (unpaired) electrons. The Balaban J connectivity index is 0.601. The molecular weight excluding hydrogens is 983 g/mol. The van der Waals surface area contributed by atoms with Crippen LogP contribution in [0.3, 0.4) is 0 Å². The molecule has 77 heavy (non-hydrogen) atoms. The molecule has 2 aromatic carbocycles. The van der Waals surface area contributed by atoms with Gasteiger partial charge in [0.15, 0.2) is 23.7 Å². The second-order valence-electron chi connectivity index (χ2n) is 21.7. The number of aromatic hydroxyl groups is 1. The van der Waals surface area contributed by atoms with Gasteiger partial charge in [-0.25, -0.2) is 9.97 Å². The van der Waals surface area contributed by atoms with E-state index < -0.39 is 18.1 Å². The Morgan fingerprint density at radius 2 is 1.64 bits per heavy atom. The van der Waals surface area contributed by atoms with Crippen molar-refractivity contribution in [3.8, 4) is 40.1 Å². The first-order chi connectivity index (χ1) is 37.3. The topological polar surface area (TPSA) is 244 Å². The number of amides is 2. The maximum Gasteiger partial charge on any atom is 0.254 e. The van der Waals surface area contributed by atoms with Crippen LogP contribution in [0.4, 0.5) is 17.2 Å². The third-order valence-corrected chi connectivity index (χ3v) is 16.1. The van der Waals surface area contributed by atoms with Crippen molar-refractivity contribution in [2.24, 2.45) is 5.92 Å². The van der Waals surface area contributed by atoms with Crippen LogP contribution < -0.4 is 30.3 Å². The van der Waals surface area contributed by atoms with Gasteiger partial charge in [-0.1, -0.05) is 50.2 Å². The lowest BCUT2D eigenvalue weighted by Crippen LogP contribution is -2.54. The van der Waals surface area contributed by atoms with E-state index in [0.717, 1.165) is 92.9 Å². The predicted molar refractivity (Wildman–Crippen MR) is 286 cm³/mol. The van der Waals surface area contributed by atoms with Gasteiger partial charge >= 0.3 is 0 Å². The molecule has 2 amide bonds. The molecule has 20 nitrogen and oxygen atoms in total. The first-order valence-electron chi connectivity index (χ1n) is 27.2.